The van der Waals surface area contributed by atoms with E-state index in [9.17, 15) is 9.59 Å². The molecule has 2 amide bonds. The van der Waals surface area contributed by atoms with E-state index in [1.807, 2.05) is 20.8 Å². The summed E-state index contributed by atoms with van der Waals surface area (Å²) in [7, 11) is 0. The van der Waals surface area contributed by atoms with E-state index >= 15 is 0 Å². The Morgan fingerprint density at radius 3 is 2.26 bits per heavy atom. The summed E-state index contributed by atoms with van der Waals surface area (Å²) >= 11 is 0. The molecule has 0 spiro atoms. The quantitative estimate of drug-likeness (QED) is 0.732. The molecule has 1 saturated heterocycles. The largest absolute Gasteiger partial charge is 0.379 e. The van der Waals surface area contributed by atoms with E-state index in [1.54, 1.807) is 0 Å². The van der Waals surface area contributed by atoms with Gasteiger partial charge in [0.15, 0.2) is 0 Å². The van der Waals surface area contributed by atoms with Crippen LogP contribution < -0.4 is 10.6 Å². The van der Waals surface area contributed by atoms with E-state index in [0.29, 0.717) is 31.5 Å². The van der Waals surface area contributed by atoms with Crippen LogP contribution in [-0.2, 0) is 14.3 Å². The summed E-state index contributed by atoms with van der Waals surface area (Å²) in [4.78, 5) is 26.1. The van der Waals surface area contributed by atoms with Gasteiger partial charge in [0.1, 0.15) is 0 Å². The van der Waals surface area contributed by atoms with Crippen molar-refractivity contribution in [2.45, 2.75) is 47.1 Å². The van der Waals surface area contributed by atoms with Crippen LogP contribution in [0.2, 0.25) is 0 Å². The van der Waals surface area contributed by atoms with Gasteiger partial charge in [-0.3, -0.25) is 14.5 Å². The Labute approximate surface area is 140 Å². The maximum atomic E-state index is 12.0. The second-order valence-corrected chi connectivity index (χ2v) is 7.52. The first-order valence-corrected chi connectivity index (χ1v) is 8.58. The van der Waals surface area contributed by atoms with E-state index in [1.165, 1.54) is 0 Å². The van der Waals surface area contributed by atoms with Crippen molar-refractivity contribution in [3.05, 3.63) is 0 Å². The molecular formula is C17H33N3O3. The summed E-state index contributed by atoms with van der Waals surface area (Å²) in [6, 6.07) is 0.326. The Bertz CT molecular complexity index is 385. The van der Waals surface area contributed by atoms with Crippen LogP contribution in [0.25, 0.3) is 0 Å². The second-order valence-electron chi connectivity index (χ2n) is 7.52. The van der Waals surface area contributed by atoms with Gasteiger partial charge in [-0.25, -0.2) is 0 Å². The van der Waals surface area contributed by atoms with Crippen molar-refractivity contribution in [3.63, 3.8) is 0 Å². The SMILES string of the molecule is CC(C)C(CNC(=O)CCNC(=O)C(C)(C)C)N1CCOCC1. The summed E-state index contributed by atoms with van der Waals surface area (Å²) in [5.74, 6) is 0.422. The molecular weight excluding hydrogens is 294 g/mol. The van der Waals surface area contributed by atoms with E-state index in [0.717, 1.165) is 26.3 Å². The van der Waals surface area contributed by atoms with Crippen LogP contribution in [0.1, 0.15) is 41.0 Å². The molecule has 0 aromatic carbocycles. The van der Waals surface area contributed by atoms with Crippen molar-refractivity contribution < 1.29 is 14.3 Å². The van der Waals surface area contributed by atoms with Crippen molar-refractivity contribution in [2.24, 2.45) is 11.3 Å². The van der Waals surface area contributed by atoms with Crippen LogP contribution in [0, 0.1) is 11.3 Å². The monoisotopic (exact) mass is 327 g/mol. The fourth-order valence-electron chi connectivity index (χ4n) is 2.56. The second kappa shape index (κ2) is 9.23. The Hall–Kier alpha value is -1.14. The maximum Gasteiger partial charge on any atom is 0.225 e. The van der Waals surface area contributed by atoms with E-state index < -0.39 is 5.41 Å². The molecule has 0 saturated carbocycles. The lowest BCUT2D eigenvalue weighted by atomic mass is 9.96. The summed E-state index contributed by atoms with van der Waals surface area (Å²) in [6.07, 6.45) is 0.315. The van der Waals surface area contributed by atoms with Gasteiger partial charge in [-0.05, 0) is 5.92 Å². The minimum absolute atomic E-state index is 0.0156. The number of hydrogen-bond acceptors (Lipinski definition) is 4. The molecule has 1 unspecified atom stereocenters. The zero-order valence-corrected chi connectivity index (χ0v) is 15.3. The van der Waals surface area contributed by atoms with E-state index in [-0.39, 0.29) is 11.8 Å². The maximum absolute atomic E-state index is 12.0. The van der Waals surface area contributed by atoms with Crippen LogP contribution in [0.3, 0.4) is 0 Å². The summed E-state index contributed by atoms with van der Waals surface area (Å²) in [5, 5.41) is 5.80. The average Bonchev–Trinajstić information content (AvgIpc) is 2.47. The number of morpholine rings is 1. The van der Waals surface area contributed by atoms with Crippen LogP contribution in [0.15, 0.2) is 0 Å². The lowest BCUT2D eigenvalue weighted by Crippen LogP contribution is -2.51. The molecule has 23 heavy (non-hydrogen) atoms. The minimum Gasteiger partial charge on any atom is -0.379 e. The molecule has 0 aliphatic carbocycles. The first-order chi connectivity index (χ1) is 10.7. The molecule has 1 aliphatic heterocycles. The highest BCUT2D eigenvalue weighted by Crippen LogP contribution is 2.13. The lowest BCUT2D eigenvalue weighted by Gasteiger charge is -2.36. The number of nitrogens with zero attached hydrogens (tertiary/aromatic N) is 1. The molecule has 1 heterocycles. The van der Waals surface area contributed by atoms with Crippen molar-refractivity contribution in [1.29, 1.82) is 0 Å². The molecule has 1 fully saturated rings. The van der Waals surface area contributed by atoms with Gasteiger partial charge in [-0.2, -0.15) is 0 Å². The zero-order valence-electron chi connectivity index (χ0n) is 15.3. The lowest BCUT2D eigenvalue weighted by molar-refractivity contribution is -0.128. The molecule has 0 radical (unpaired) electrons. The van der Waals surface area contributed by atoms with Crippen LogP contribution in [0.4, 0.5) is 0 Å². The number of rotatable bonds is 7. The fourth-order valence-corrected chi connectivity index (χ4v) is 2.56. The van der Waals surface area contributed by atoms with E-state index in [2.05, 4.69) is 29.4 Å². The highest BCUT2D eigenvalue weighted by atomic mass is 16.5. The van der Waals surface area contributed by atoms with Crippen molar-refractivity contribution in [3.8, 4) is 0 Å². The smallest absolute Gasteiger partial charge is 0.225 e. The van der Waals surface area contributed by atoms with Crippen LogP contribution in [0.5, 0.6) is 0 Å². The van der Waals surface area contributed by atoms with Gasteiger partial charge in [-0.15, -0.1) is 0 Å². The molecule has 6 nitrogen and oxygen atoms in total. The van der Waals surface area contributed by atoms with Gasteiger partial charge < -0.3 is 15.4 Å². The molecule has 2 N–H and O–H groups in total. The van der Waals surface area contributed by atoms with Crippen LogP contribution in [-0.4, -0.2) is 62.1 Å². The molecule has 0 bridgehead atoms. The van der Waals surface area contributed by atoms with Crippen molar-refractivity contribution in [2.75, 3.05) is 39.4 Å². The standard InChI is InChI=1S/C17H33N3O3/c1-13(2)14(20-8-10-23-11-9-20)12-19-15(21)6-7-18-16(22)17(3,4)5/h13-14H,6-12H2,1-5H3,(H,18,22)(H,19,21). The highest BCUT2D eigenvalue weighted by molar-refractivity contribution is 5.82. The molecule has 134 valence electrons. The Kier molecular flexibility index (Phi) is 7.99. The number of carbonyl (C=O) groups excluding carboxylic acids is 2. The number of carbonyl (C=O) groups is 2. The molecule has 0 aromatic rings. The summed E-state index contributed by atoms with van der Waals surface area (Å²) in [5.41, 5.74) is -0.421. The predicted molar refractivity (Wildman–Crippen MR) is 91.1 cm³/mol. The van der Waals surface area contributed by atoms with Gasteiger partial charge in [0.2, 0.25) is 11.8 Å². The first kappa shape index (κ1) is 19.9. The zero-order chi connectivity index (χ0) is 17.5. The molecule has 6 heteroatoms. The van der Waals surface area contributed by atoms with Gasteiger partial charge in [0.25, 0.3) is 0 Å². The third kappa shape index (κ3) is 7.31. The van der Waals surface area contributed by atoms with Crippen molar-refractivity contribution in [1.82, 2.24) is 15.5 Å². The van der Waals surface area contributed by atoms with Crippen LogP contribution >= 0.6 is 0 Å². The minimum atomic E-state index is -0.421. The normalized spacial score (nSPS) is 17.8. The van der Waals surface area contributed by atoms with Crippen molar-refractivity contribution >= 4 is 11.8 Å². The molecule has 1 rings (SSSR count). The third-order valence-electron chi connectivity index (χ3n) is 4.11. The number of nitrogens with one attached hydrogen (secondary N) is 2. The Balaban J connectivity index is 2.31. The summed E-state index contributed by atoms with van der Waals surface area (Å²) in [6.45, 7) is 14.3. The molecule has 1 atom stereocenters. The Morgan fingerprint density at radius 1 is 1.13 bits per heavy atom. The van der Waals surface area contributed by atoms with Gasteiger partial charge in [0, 0.05) is 44.1 Å². The highest BCUT2D eigenvalue weighted by Gasteiger charge is 2.24. The Morgan fingerprint density at radius 2 is 1.74 bits per heavy atom. The van der Waals surface area contributed by atoms with Gasteiger partial charge in [-0.1, -0.05) is 34.6 Å². The average molecular weight is 327 g/mol. The number of hydrogen-bond donors (Lipinski definition) is 2. The fraction of sp³-hybridized carbons (Fsp3) is 0.882. The molecule has 1 aliphatic rings. The number of amides is 2. The van der Waals surface area contributed by atoms with Gasteiger partial charge in [0.05, 0.1) is 13.2 Å². The molecule has 0 aromatic heterocycles. The number of ether oxygens (including phenoxy) is 1. The van der Waals surface area contributed by atoms with Gasteiger partial charge >= 0.3 is 0 Å². The first-order valence-electron chi connectivity index (χ1n) is 8.58. The van der Waals surface area contributed by atoms with E-state index in [4.69, 9.17) is 4.74 Å². The third-order valence-corrected chi connectivity index (χ3v) is 4.11. The topological polar surface area (TPSA) is 70.7 Å². The summed E-state index contributed by atoms with van der Waals surface area (Å²) < 4.78 is 5.39. The predicted octanol–water partition coefficient (Wildman–Crippen LogP) is 1.01.